The fourth-order valence-electron chi connectivity index (χ4n) is 2.63. The van der Waals surface area contributed by atoms with Crippen molar-refractivity contribution in [3.8, 4) is 0 Å². The van der Waals surface area contributed by atoms with Gasteiger partial charge in [-0.3, -0.25) is 0 Å². The summed E-state index contributed by atoms with van der Waals surface area (Å²) in [6.45, 7) is 5.01. The first kappa shape index (κ1) is 15.5. The van der Waals surface area contributed by atoms with Crippen molar-refractivity contribution in [3.63, 3.8) is 0 Å². The van der Waals surface area contributed by atoms with E-state index in [0.717, 1.165) is 44.0 Å². The molecule has 0 saturated carbocycles. The van der Waals surface area contributed by atoms with Gasteiger partial charge in [-0.1, -0.05) is 18.5 Å². The van der Waals surface area contributed by atoms with Gasteiger partial charge in [0.15, 0.2) is 0 Å². The minimum absolute atomic E-state index is 0.398. The van der Waals surface area contributed by atoms with Crippen LogP contribution in [0.1, 0.15) is 37.8 Å². The monoisotopic (exact) mass is 393 g/mol. The molecule has 0 radical (unpaired) electrons. The molecule has 1 aromatic rings. The molecular formula is C15H21ClINO. The number of benzene rings is 1. The Hall–Kier alpha value is 0.160. The highest BCUT2D eigenvalue weighted by molar-refractivity contribution is 14.1. The van der Waals surface area contributed by atoms with E-state index < -0.39 is 0 Å². The first-order valence-electron chi connectivity index (χ1n) is 6.98. The summed E-state index contributed by atoms with van der Waals surface area (Å²) in [6.07, 6.45) is 3.41. The molecule has 0 bridgehead atoms. The maximum Gasteiger partial charge on any atom is 0.0469 e. The third kappa shape index (κ3) is 4.31. The van der Waals surface area contributed by atoms with Crippen molar-refractivity contribution in [2.24, 2.45) is 5.92 Å². The lowest BCUT2D eigenvalue weighted by molar-refractivity contribution is 0.0535. The van der Waals surface area contributed by atoms with Crippen LogP contribution >= 0.6 is 34.2 Å². The summed E-state index contributed by atoms with van der Waals surface area (Å²) in [4.78, 5) is 0. The average Bonchev–Trinajstić information content (AvgIpc) is 2.44. The van der Waals surface area contributed by atoms with Crippen molar-refractivity contribution in [1.82, 2.24) is 5.32 Å². The summed E-state index contributed by atoms with van der Waals surface area (Å²) in [5.41, 5.74) is 1.34. The van der Waals surface area contributed by atoms with Crippen molar-refractivity contribution in [3.05, 3.63) is 32.4 Å². The van der Waals surface area contributed by atoms with Crippen LogP contribution in [0, 0.1) is 9.49 Å². The van der Waals surface area contributed by atoms with Crippen LogP contribution in [0.2, 0.25) is 5.02 Å². The molecule has 0 amide bonds. The lowest BCUT2D eigenvalue weighted by Gasteiger charge is -2.32. The quantitative estimate of drug-likeness (QED) is 0.748. The zero-order valence-corrected chi connectivity index (χ0v) is 14.2. The van der Waals surface area contributed by atoms with Gasteiger partial charge in [-0.2, -0.15) is 0 Å². The summed E-state index contributed by atoms with van der Waals surface area (Å²) in [5.74, 6) is 0.646. The predicted octanol–water partition coefficient (Wildman–Crippen LogP) is 4.41. The second-order valence-electron chi connectivity index (χ2n) is 5.05. The molecule has 1 aromatic carbocycles. The molecule has 1 unspecified atom stereocenters. The minimum Gasteiger partial charge on any atom is -0.381 e. The van der Waals surface area contributed by atoms with Crippen molar-refractivity contribution >= 4 is 34.2 Å². The molecular weight excluding hydrogens is 373 g/mol. The van der Waals surface area contributed by atoms with Crippen LogP contribution in [0.25, 0.3) is 0 Å². The maximum absolute atomic E-state index is 6.18. The molecule has 0 aromatic heterocycles. The summed E-state index contributed by atoms with van der Waals surface area (Å²) in [6, 6.07) is 6.59. The highest BCUT2D eigenvalue weighted by Gasteiger charge is 2.26. The molecule has 2 rings (SSSR count). The van der Waals surface area contributed by atoms with Gasteiger partial charge in [0, 0.05) is 27.8 Å². The van der Waals surface area contributed by atoms with E-state index in [9.17, 15) is 0 Å². The van der Waals surface area contributed by atoms with Gasteiger partial charge in [-0.05, 0) is 78.1 Å². The Bertz CT molecular complexity index is 407. The zero-order valence-electron chi connectivity index (χ0n) is 11.3. The van der Waals surface area contributed by atoms with E-state index in [2.05, 4.69) is 47.0 Å². The molecule has 1 saturated heterocycles. The number of hydrogen-bond donors (Lipinski definition) is 1. The Morgan fingerprint density at radius 1 is 1.42 bits per heavy atom. The van der Waals surface area contributed by atoms with Crippen LogP contribution in [0.15, 0.2) is 18.2 Å². The van der Waals surface area contributed by atoms with E-state index in [0.29, 0.717) is 12.0 Å². The lowest BCUT2D eigenvalue weighted by Crippen LogP contribution is -2.33. The summed E-state index contributed by atoms with van der Waals surface area (Å²) >= 11 is 8.59. The standard InChI is InChI=1S/C15H21ClINO/c1-2-7-18-15(11-5-8-19-9-6-11)13-10-12(16)3-4-14(13)17/h3-4,10-11,15,18H,2,5-9H2,1H3. The van der Waals surface area contributed by atoms with Gasteiger partial charge in [-0.25, -0.2) is 0 Å². The second-order valence-corrected chi connectivity index (χ2v) is 6.65. The third-order valence-corrected chi connectivity index (χ3v) is 4.86. The molecule has 0 spiro atoms. The smallest absolute Gasteiger partial charge is 0.0469 e. The largest absolute Gasteiger partial charge is 0.381 e. The van der Waals surface area contributed by atoms with Gasteiger partial charge in [0.05, 0.1) is 0 Å². The molecule has 106 valence electrons. The zero-order chi connectivity index (χ0) is 13.7. The summed E-state index contributed by atoms with van der Waals surface area (Å²) in [5, 5.41) is 4.53. The van der Waals surface area contributed by atoms with Gasteiger partial charge in [0.1, 0.15) is 0 Å². The predicted molar refractivity (Wildman–Crippen MR) is 88.7 cm³/mol. The van der Waals surface area contributed by atoms with Crippen LogP contribution in [0.3, 0.4) is 0 Å². The van der Waals surface area contributed by atoms with Crippen LogP contribution in [0.4, 0.5) is 0 Å². The molecule has 0 aliphatic carbocycles. The van der Waals surface area contributed by atoms with E-state index >= 15 is 0 Å². The van der Waals surface area contributed by atoms with Gasteiger partial charge in [0.2, 0.25) is 0 Å². The second kappa shape index (κ2) is 7.81. The highest BCUT2D eigenvalue weighted by Crippen LogP contribution is 2.33. The molecule has 1 aliphatic rings. The van der Waals surface area contributed by atoms with Gasteiger partial charge in [-0.15, -0.1) is 0 Å². The molecule has 1 N–H and O–H groups in total. The Morgan fingerprint density at radius 3 is 2.84 bits per heavy atom. The van der Waals surface area contributed by atoms with E-state index in [4.69, 9.17) is 16.3 Å². The molecule has 1 aliphatic heterocycles. The van der Waals surface area contributed by atoms with Gasteiger partial charge >= 0.3 is 0 Å². The topological polar surface area (TPSA) is 21.3 Å². The Balaban J connectivity index is 2.22. The number of nitrogens with one attached hydrogen (secondary N) is 1. The fourth-order valence-corrected chi connectivity index (χ4v) is 3.48. The summed E-state index contributed by atoms with van der Waals surface area (Å²) < 4.78 is 6.78. The average molecular weight is 394 g/mol. The molecule has 19 heavy (non-hydrogen) atoms. The number of hydrogen-bond acceptors (Lipinski definition) is 2. The highest BCUT2D eigenvalue weighted by atomic mass is 127. The number of halogens is 2. The van der Waals surface area contributed by atoms with E-state index in [1.165, 1.54) is 9.13 Å². The van der Waals surface area contributed by atoms with E-state index in [1.807, 2.05) is 6.07 Å². The SMILES string of the molecule is CCCNC(c1cc(Cl)ccc1I)C1CCOCC1. The molecule has 1 heterocycles. The first-order valence-corrected chi connectivity index (χ1v) is 8.44. The Morgan fingerprint density at radius 2 is 2.16 bits per heavy atom. The maximum atomic E-state index is 6.18. The minimum atomic E-state index is 0.398. The number of ether oxygens (including phenoxy) is 1. The Labute approximate surface area is 134 Å². The number of rotatable bonds is 5. The van der Waals surface area contributed by atoms with Gasteiger partial charge < -0.3 is 10.1 Å². The van der Waals surface area contributed by atoms with Gasteiger partial charge in [0.25, 0.3) is 0 Å². The van der Waals surface area contributed by atoms with E-state index in [1.54, 1.807) is 0 Å². The summed E-state index contributed by atoms with van der Waals surface area (Å²) in [7, 11) is 0. The Kier molecular flexibility index (Phi) is 6.39. The van der Waals surface area contributed by atoms with Crippen molar-refractivity contribution in [2.75, 3.05) is 19.8 Å². The lowest BCUT2D eigenvalue weighted by atomic mass is 9.87. The first-order chi connectivity index (χ1) is 9.22. The molecule has 2 nitrogen and oxygen atoms in total. The molecule has 1 fully saturated rings. The van der Waals surface area contributed by atoms with Crippen molar-refractivity contribution in [2.45, 2.75) is 32.2 Å². The normalized spacial score (nSPS) is 18.5. The van der Waals surface area contributed by atoms with E-state index in [-0.39, 0.29) is 0 Å². The van der Waals surface area contributed by atoms with Crippen LogP contribution in [-0.4, -0.2) is 19.8 Å². The van der Waals surface area contributed by atoms with Crippen LogP contribution in [-0.2, 0) is 4.74 Å². The fraction of sp³-hybridized carbons (Fsp3) is 0.600. The molecule has 4 heteroatoms. The third-order valence-electron chi connectivity index (χ3n) is 3.64. The van der Waals surface area contributed by atoms with Crippen molar-refractivity contribution in [1.29, 1.82) is 0 Å². The van der Waals surface area contributed by atoms with Crippen molar-refractivity contribution < 1.29 is 4.74 Å². The van der Waals surface area contributed by atoms with Crippen LogP contribution < -0.4 is 5.32 Å². The van der Waals surface area contributed by atoms with Crippen LogP contribution in [0.5, 0.6) is 0 Å². The molecule has 1 atom stereocenters.